The number of carbonyl (C=O) groups is 1. The van der Waals surface area contributed by atoms with Gasteiger partial charge in [-0.3, -0.25) is 4.79 Å². The van der Waals surface area contributed by atoms with Crippen molar-refractivity contribution >= 4 is 5.78 Å². The first-order valence-electron chi connectivity index (χ1n) is 3.65. The average molecular weight is 171 g/mol. The molecule has 1 aromatic rings. The Morgan fingerprint density at radius 1 is 1.67 bits per heavy atom. The van der Waals surface area contributed by atoms with Gasteiger partial charge in [0.25, 0.3) is 0 Å². The van der Waals surface area contributed by atoms with Crippen LogP contribution in [0.2, 0.25) is 0 Å². The Morgan fingerprint density at radius 3 is 2.58 bits per heavy atom. The number of Topliss-reactive ketones (excluding diaryl/α,β-unsaturated/α-hetero) is 1. The van der Waals surface area contributed by atoms with Gasteiger partial charge in [0.15, 0.2) is 17.7 Å². The van der Waals surface area contributed by atoms with Gasteiger partial charge in [0.05, 0.1) is 11.3 Å². The van der Waals surface area contributed by atoms with Crippen molar-refractivity contribution in [2.45, 2.75) is 26.9 Å². The first-order valence-corrected chi connectivity index (χ1v) is 3.65. The lowest BCUT2D eigenvalue weighted by molar-refractivity contribution is 0.101. The van der Waals surface area contributed by atoms with E-state index < -0.39 is 6.17 Å². The third-order valence-corrected chi connectivity index (χ3v) is 1.60. The van der Waals surface area contributed by atoms with Gasteiger partial charge in [-0.15, -0.1) is 0 Å². The van der Waals surface area contributed by atoms with E-state index >= 15 is 0 Å². The van der Waals surface area contributed by atoms with E-state index in [0.29, 0.717) is 5.69 Å². The van der Waals surface area contributed by atoms with Crippen molar-refractivity contribution in [3.8, 4) is 0 Å². The van der Waals surface area contributed by atoms with Crippen molar-refractivity contribution in [2.75, 3.05) is 0 Å². The van der Waals surface area contributed by atoms with Gasteiger partial charge in [0.1, 0.15) is 0 Å². The van der Waals surface area contributed by atoms with Crippen molar-refractivity contribution in [2.24, 2.45) is 0 Å². The van der Waals surface area contributed by atoms with Gasteiger partial charge in [-0.1, -0.05) is 5.16 Å². The zero-order chi connectivity index (χ0) is 9.30. The number of ketones is 1. The molecule has 66 valence electrons. The number of nitrogens with zero attached hydrogens (tertiary/aromatic N) is 1. The molecule has 0 N–H and O–H groups in total. The molecule has 1 heterocycles. The quantitative estimate of drug-likeness (QED) is 0.641. The number of aryl methyl sites for hydroxylation is 1. The monoisotopic (exact) mass is 171 g/mol. The van der Waals surface area contributed by atoms with Crippen LogP contribution in [0, 0.1) is 6.92 Å². The summed E-state index contributed by atoms with van der Waals surface area (Å²) in [5, 5.41) is 3.52. The minimum Gasteiger partial charge on any atom is -0.357 e. The van der Waals surface area contributed by atoms with Crippen LogP contribution in [0.3, 0.4) is 0 Å². The molecule has 0 aliphatic heterocycles. The second-order valence-corrected chi connectivity index (χ2v) is 2.68. The van der Waals surface area contributed by atoms with Crippen LogP contribution in [0.25, 0.3) is 0 Å². The molecule has 0 bridgehead atoms. The van der Waals surface area contributed by atoms with Gasteiger partial charge < -0.3 is 4.52 Å². The first kappa shape index (κ1) is 8.90. The normalized spacial score (nSPS) is 13.0. The van der Waals surface area contributed by atoms with Crippen molar-refractivity contribution in [3.63, 3.8) is 0 Å². The van der Waals surface area contributed by atoms with E-state index in [1.807, 2.05) is 0 Å². The van der Waals surface area contributed by atoms with Crippen molar-refractivity contribution in [1.29, 1.82) is 0 Å². The molecule has 0 spiro atoms. The molecule has 0 fully saturated rings. The fraction of sp³-hybridized carbons (Fsp3) is 0.500. The number of hydrogen-bond acceptors (Lipinski definition) is 3. The van der Waals surface area contributed by atoms with Gasteiger partial charge in [-0.2, -0.15) is 0 Å². The number of aromatic nitrogens is 1. The molecule has 1 rings (SSSR count). The maximum absolute atomic E-state index is 12.8. The van der Waals surface area contributed by atoms with E-state index in [-0.39, 0.29) is 17.1 Å². The summed E-state index contributed by atoms with van der Waals surface area (Å²) < 4.78 is 17.5. The van der Waals surface area contributed by atoms with Crippen LogP contribution in [-0.4, -0.2) is 10.9 Å². The molecule has 0 saturated carbocycles. The van der Waals surface area contributed by atoms with Crippen molar-refractivity contribution in [1.82, 2.24) is 5.16 Å². The van der Waals surface area contributed by atoms with Gasteiger partial charge in [0, 0.05) is 0 Å². The second-order valence-electron chi connectivity index (χ2n) is 2.68. The number of carbonyl (C=O) groups excluding carboxylic acids is 1. The number of halogens is 1. The second kappa shape index (κ2) is 3.05. The van der Waals surface area contributed by atoms with E-state index in [9.17, 15) is 9.18 Å². The summed E-state index contributed by atoms with van der Waals surface area (Å²) in [7, 11) is 0. The molecule has 0 aliphatic carbocycles. The maximum atomic E-state index is 12.8. The summed E-state index contributed by atoms with van der Waals surface area (Å²) in [5.41, 5.74) is 0.715. The lowest BCUT2D eigenvalue weighted by Gasteiger charge is -1.97. The minimum atomic E-state index is -1.29. The Bertz CT molecular complexity index is 304. The highest BCUT2D eigenvalue weighted by Gasteiger charge is 2.21. The molecule has 0 saturated heterocycles. The summed E-state index contributed by atoms with van der Waals surface area (Å²) in [5.74, 6) is -0.187. The molecule has 0 amide bonds. The fourth-order valence-corrected chi connectivity index (χ4v) is 1.09. The zero-order valence-electron chi connectivity index (χ0n) is 7.22. The van der Waals surface area contributed by atoms with Crippen LogP contribution < -0.4 is 0 Å². The highest BCUT2D eigenvalue weighted by atomic mass is 19.1. The Labute approximate surface area is 69.5 Å². The number of hydrogen-bond donors (Lipinski definition) is 0. The van der Waals surface area contributed by atoms with Crippen LogP contribution in [-0.2, 0) is 0 Å². The zero-order valence-corrected chi connectivity index (χ0v) is 7.22. The molecule has 1 atom stereocenters. The molecular weight excluding hydrogens is 161 g/mol. The molecular formula is C8H10FNO2. The van der Waals surface area contributed by atoms with Gasteiger partial charge in [-0.25, -0.2) is 4.39 Å². The standard InChI is InChI=1S/C8H10FNO2/c1-4(9)8-7(6(3)11)5(2)10-12-8/h4H,1-3H3. The summed E-state index contributed by atoms with van der Waals surface area (Å²) in [6.07, 6.45) is -1.29. The van der Waals surface area contributed by atoms with Gasteiger partial charge >= 0.3 is 0 Å². The van der Waals surface area contributed by atoms with Crippen LogP contribution in [0.1, 0.15) is 41.8 Å². The summed E-state index contributed by atoms with van der Waals surface area (Å²) in [4.78, 5) is 11.0. The van der Waals surface area contributed by atoms with Crippen LogP contribution in [0.4, 0.5) is 4.39 Å². The number of rotatable bonds is 2. The summed E-state index contributed by atoms with van der Waals surface area (Å²) in [6, 6.07) is 0. The topological polar surface area (TPSA) is 43.1 Å². The first-order chi connectivity index (χ1) is 5.54. The largest absolute Gasteiger partial charge is 0.357 e. The average Bonchev–Trinajstić information content (AvgIpc) is 2.30. The highest BCUT2D eigenvalue weighted by Crippen LogP contribution is 2.23. The van der Waals surface area contributed by atoms with E-state index in [0.717, 1.165) is 0 Å². The van der Waals surface area contributed by atoms with E-state index in [1.54, 1.807) is 6.92 Å². The fourth-order valence-electron chi connectivity index (χ4n) is 1.09. The molecule has 12 heavy (non-hydrogen) atoms. The third kappa shape index (κ3) is 1.37. The van der Waals surface area contributed by atoms with Crippen LogP contribution in [0.5, 0.6) is 0 Å². The molecule has 1 aromatic heterocycles. The third-order valence-electron chi connectivity index (χ3n) is 1.60. The van der Waals surface area contributed by atoms with E-state index in [4.69, 9.17) is 0 Å². The Morgan fingerprint density at radius 2 is 2.25 bits per heavy atom. The summed E-state index contributed by atoms with van der Waals surface area (Å²) in [6.45, 7) is 4.30. The molecule has 0 aliphatic rings. The van der Waals surface area contributed by atoms with Gasteiger partial charge in [-0.05, 0) is 20.8 Å². The van der Waals surface area contributed by atoms with E-state index in [1.165, 1.54) is 13.8 Å². The predicted molar refractivity (Wildman–Crippen MR) is 40.8 cm³/mol. The number of alkyl halides is 1. The smallest absolute Gasteiger partial charge is 0.181 e. The van der Waals surface area contributed by atoms with E-state index in [2.05, 4.69) is 9.68 Å². The Balaban J connectivity index is 3.21. The van der Waals surface area contributed by atoms with Gasteiger partial charge in [0.2, 0.25) is 0 Å². The summed E-state index contributed by atoms with van der Waals surface area (Å²) >= 11 is 0. The predicted octanol–water partition coefficient (Wildman–Crippen LogP) is 2.22. The SMILES string of the molecule is CC(=O)c1c(C)noc1C(C)F. The minimum absolute atomic E-state index is 0.0278. The molecule has 0 radical (unpaired) electrons. The maximum Gasteiger partial charge on any atom is 0.181 e. The van der Waals surface area contributed by atoms with Crippen LogP contribution >= 0.6 is 0 Å². The Hall–Kier alpha value is -1.19. The molecule has 3 nitrogen and oxygen atoms in total. The lowest BCUT2D eigenvalue weighted by Crippen LogP contribution is -1.98. The Kier molecular flexibility index (Phi) is 2.26. The lowest BCUT2D eigenvalue weighted by atomic mass is 10.1. The highest BCUT2D eigenvalue weighted by molar-refractivity contribution is 5.96. The molecule has 4 heteroatoms. The molecule has 1 unspecified atom stereocenters. The molecule has 0 aromatic carbocycles. The van der Waals surface area contributed by atoms with Crippen LogP contribution in [0.15, 0.2) is 4.52 Å². The van der Waals surface area contributed by atoms with Crippen molar-refractivity contribution in [3.05, 3.63) is 17.0 Å². The van der Waals surface area contributed by atoms with Crippen molar-refractivity contribution < 1.29 is 13.7 Å².